The molecule has 0 unspecified atom stereocenters. The fraction of sp³-hybridized carbons (Fsp3) is 0.167. The first-order valence-electron chi connectivity index (χ1n) is 9.84. The number of aromatic hydroxyl groups is 1. The lowest BCUT2D eigenvalue weighted by molar-refractivity contribution is 0.318. The Hall–Kier alpha value is -4.00. The number of aliphatic imine (C=N–C) groups is 1. The topological polar surface area (TPSA) is 77.6 Å². The number of methoxy groups -OCH3 is 2. The van der Waals surface area contributed by atoms with Crippen molar-refractivity contribution in [3.8, 4) is 34.3 Å². The molecule has 0 aliphatic carbocycles. The molecule has 158 valence electrons. The number of fused-ring (bicyclic) bond motifs is 1. The predicted octanol–water partition coefficient (Wildman–Crippen LogP) is 4.87. The van der Waals surface area contributed by atoms with Gasteiger partial charge in [0.15, 0.2) is 28.8 Å². The molecule has 0 aliphatic rings. The van der Waals surface area contributed by atoms with Crippen LogP contribution in [-0.4, -0.2) is 41.5 Å². The van der Waals surface area contributed by atoms with Gasteiger partial charge in [0, 0.05) is 23.5 Å². The standard InChI is InChI=1S/C24H23N3O4/c1-4-31-20-14-16(11-12-18(20)28)22-24(27-13-6-5-10-21(27)26-22)25-15-17-8-7-9-19(29-2)23(17)30-3/h5-15,28H,4H2,1-3H3. The van der Waals surface area contributed by atoms with Crippen molar-refractivity contribution in [2.75, 3.05) is 20.8 Å². The number of imidazole rings is 1. The molecule has 7 nitrogen and oxygen atoms in total. The van der Waals surface area contributed by atoms with E-state index in [0.29, 0.717) is 35.4 Å². The van der Waals surface area contributed by atoms with E-state index >= 15 is 0 Å². The molecule has 4 rings (SSSR count). The van der Waals surface area contributed by atoms with Crippen LogP contribution in [0.15, 0.2) is 65.8 Å². The minimum absolute atomic E-state index is 0.0838. The highest BCUT2D eigenvalue weighted by atomic mass is 16.5. The number of hydrogen-bond donors (Lipinski definition) is 1. The van der Waals surface area contributed by atoms with Gasteiger partial charge in [-0.1, -0.05) is 12.1 Å². The number of nitrogens with zero attached hydrogens (tertiary/aromatic N) is 3. The maximum Gasteiger partial charge on any atom is 0.169 e. The van der Waals surface area contributed by atoms with Crippen LogP contribution in [0.1, 0.15) is 12.5 Å². The number of benzene rings is 2. The Morgan fingerprint density at radius 1 is 1.03 bits per heavy atom. The van der Waals surface area contributed by atoms with Gasteiger partial charge in [-0.05, 0) is 49.4 Å². The molecule has 0 atom stereocenters. The molecule has 4 aromatic rings. The van der Waals surface area contributed by atoms with Crippen molar-refractivity contribution in [1.29, 1.82) is 0 Å². The van der Waals surface area contributed by atoms with Crippen molar-refractivity contribution in [3.63, 3.8) is 0 Å². The average molecular weight is 417 g/mol. The summed E-state index contributed by atoms with van der Waals surface area (Å²) in [6, 6.07) is 16.5. The van der Waals surface area contributed by atoms with E-state index in [4.69, 9.17) is 24.2 Å². The summed E-state index contributed by atoms with van der Waals surface area (Å²) >= 11 is 0. The highest BCUT2D eigenvalue weighted by molar-refractivity contribution is 5.89. The highest BCUT2D eigenvalue weighted by Crippen LogP contribution is 2.37. The number of ether oxygens (including phenoxy) is 3. The van der Waals surface area contributed by atoms with Gasteiger partial charge in [-0.25, -0.2) is 9.98 Å². The molecule has 0 saturated carbocycles. The molecular weight excluding hydrogens is 394 g/mol. The van der Waals surface area contributed by atoms with Gasteiger partial charge in [-0.3, -0.25) is 4.40 Å². The van der Waals surface area contributed by atoms with Crippen LogP contribution in [0, 0.1) is 0 Å². The number of pyridine rings is 1. The summed E-state index contributed by atoms with van der Waals surface area (Å²) in [5.74, 6) is 2.37. The van der Waals surface area contributed by atoms with Crippen LogP contribution >= 0.6 is 0 Å². The Morgan fingerprint density at radius 3 is 2.68 bits per heavy atom. The van der Waals surface area contributed by atoms with Crippen LogP contribution in [0.5, 0.6) is 23.0 Å². The van der Waals surface area contributed by atoms with Gasteiger partial charge >= 0.3 is 0 Å². The second kappa shape index (κ2) is 8.79. The lowest BCUT2D eigenvalue weighted by Gasteiger charge is -2.10. The molecule has 0 amide bonds. The Labute approximate surface area is 180 Å². The van der Waals surface area contributed by atoms with Gasteiger partial charge in [0.1, 0.15) is 11.3 Å². The Bertz CT molecular complexity index is 1250. The summed E-state index contributed by atoms with van der Waals surface area (Å²) in [4.78, 5) is 9.52. The van der Waals surface area contributed by atoms with Gasteiger partial charge < -0.3 is 19.3 Å². The van der Waals surface area contributed by atoms with Crippen molar-refractivity contribution in [3.05, 3.63) is 66.4 Å². The fourth-order valence-corrected chi connectivity index (χ4v) is 3.38. The third-order valence-corrected chi connectivity index (χ3v) is 4.80. The molecule has 0 bridgehead atoms. The number of rotatable bonds is 7. The molecule has 1 N–H and O–H groups in total. The smallest absolute Gasteiger partial charge is 0.169 e. The maximum absolute atomic E-state index is 10.1. The van der Waals surface area contributed by atoms with E-state index in [0.717, 1.165) is 16.8 Å². The molecule has 31 heavy (non-hydrogen) atoms. The van der Waals surface area contributed by atoms with E-state index < -0.39 is 0 Å². The molecule has 0 fully saturated rings. The minimum atomic E-state index is 0.0838. The second-order valence-electron chi connectivity index (χ2n) is 6.67. The molecule has 0 aliphatic heterocycles. The monoisotopic (exact) mass is 417 g/mol. The Morgan fingerprint density at radius 2 is 1.90 bits per heavy atom. The molecule has 0 radical (unpaired) electrons. The lowest BCUT2D eigenvalue weighted by Crippen LogP contribution is -1.95. The van der Waals surface area contributed by atoms with Crippen LogP contribution < -0.4 is 14.2 Å². The lowest BCUT2D eigenvalue weighted by atomic mass is 10.1. The minimum Gasteiger partial charge on any atom is -0.504 e. The van der Waals surface area contributed by atoms with Gasteiger partial charge in [-0.15, -0.1) is 0 Å². The van der Waals surface area contributed by atoms with Crippen molar-refractivity contribution in [1.82, 2.24) is 9.38 Å². The SMILES string of the molecule is CCOc1cc(-c2nc3ccccn3c2N=Cc2cccc(OC)c2OC)ccc1O. The van der Waals surface area contributed by atoms with E-state index in [2.05, 4.69) is 0 Å². The quantitative estimate of drug-likeness (QED) is 0.434. The van der Waals surface area contributed by atoms with Crippen LogP contribution in [0.4, 0.5) is 5.82 Å². The molecule has 7 heteroatoms. The van der Waals surface area contributed by atoms with Crippen LogP contribution in [-0.2, 0) is 0 Å². The molecule has 0 saturated heterocycles. The molecule has 2 aromatic heterocycles. The molecule has 2 aromatic carbocycles. The normalized spacial score (nSPS) is 11.2. The fourth-order valence-electron chi connectivity index (χ4n) is 3.38. The summed E-state index contributed by atoms with van der Waals surface area (Å²) in [5.41, 5.74) is 2.99. The summed E-state index contributed by atoms with van der Waals surface area (Å²) in [5, 5.41) is 10.1. The first-order chi connectivity index (χ1) is 15.2. The largest absolute Gasteiger partial charge is 0.504 e. The highest BCUT2D eigenvalue weighted by Gasteiger charge is 2.16. The zero-order chi connectivity index (χ0) is 21.8. The number of phenolic OH excluding ortho intramolecular Hbond substituents is 1. The van der Waals surface area contributed by atoms with Gasteiger partial charge in [-0.2, -0.15) is 0 Å². The summed E-state index contributed by atoms with van der Waals surface area (Å²) < 4.78 is 18.3. The van der Waals surface area contributed by atoms with Crippen molar-refractivity contribution >= 4 is 17.7 Å². The van der Waals surface area contributed by atoms with Gasteiger partial charge in [0.25, 0.3) is 0 Å². The Balaban J connectivity index is 1.86. The number of aromatic nitrogens is 2. The van der Waals surface area contributed by atoms with E-state index in [-0.39, 0.29) is 5.75 Å². The average Bonchev–Trinajstić information content (AvgIpc) is 3.17. The predicted molar refractivity (Wildman–Crippen MR) is 120 cm³/mol. The van der Waals surface area contributed by atoms with E-state index in [1.54, 1.807) is 38.6 Å². The van der Waals surface area contributed by atoms with Gasteiger partial charge in [0.05, 0.1) is 20.8 Å². The van der Waals surface area contributed by atoms with Crippen LogP contribution in [0.25, 0.3) is 16.9 Å². The first kappa shape index (κ1) is 20.3. The van der Waals surface area contributed by atoms with Crippen LogP contribution in [0.2, 0.25) is 0 Å². The number of phenols is 1. The number of para-hydroxylation sites is 1. The third-order valence-electron chi connectivity index (χ3n) is 4.80. The van der Waals surface area contributed by atoms with Crippen molar-refractivity contribution in [2.45, 2.75) is 6.92 Å². The van der Waals surface area contributed by atoms with Crippen LogP contribution in [0.3, 0.4) is 0 Å². The van der Waals surface area contributed by atoms with Crippen molar-refractivity contribution in [2.24, 2.45) is 4.99 Å². The first-order valence-corrected chi connectivity index (χ1v) is 9.84. The Kier molecular flexibility index (Phi) is 5.75. The van der Waals surface area contributed by atoms with Gasteiger partial charge in [0.2, 0.25) is 0 Å². The summed E-state index contributed by atoms with van der Waals surface area (Å²) in [7, 11) is 3.20. The molecular formula is C24H23N3O4. The zero-order valence-corrected chi connectivity index (χ0v) is 17.6. The van der Waals surface area contributed by atoms with Crippen molar-refractivity contribution < 1.29 is 19.3 Å². The van der Waals surface area contributed by atoms with E-state index in [1.165, 1.54) is 0 Å². The maximum atomic E-state index is 10.1. The van der Waals surface area contributed by atoms with E-state index in [1.807, 2.05) is 53.9 Å². The third kappa shape index (κ3) is 3.90. The number of hydrogen-bond acceptors (Lipinski definition) is 6. The molecule has 2 heterocycles. The summed E-state index contributed by atoms with van der Waals surface area (Å²) in [6.07, 6.45) is 3.64. The second-order valence-corrected chi connectivity index (χ2v) is 6.67. The molecule has 0 spiro atoms. The zero-order valence-electron chi connectivity index (χ0n) is 17.6. The van der Waals surface area contributed by atoms with E-state index in [9.17, 15) is 5.11 Å². The summed E-state index contributed by atoms with van der Waals surface area (Å²) in [6.45, 7) is 2.32.